The molecule has 2 aromatic rings. The molecule has 4 rings (SSSR count). The molecule has 0 atom stereocenters. The van der Waals surface area contributed by atoms with Gasteiger partial charge in [0.2, 0.25) is 0 Å². The number of rotatable bonds is 6. The molecule has 0 aromatic heterocycles. The van der Waals surface area contributed by atoms with Crippen LogP contribution in [-0.2, 0) is 0 Å². The number of methoxy groups -OCH3 is 3. The maximum atomic E-state index is 5.42. The van der Waals surface area contributed by atoms with Crippen molar-refractivity contribution in [3.05, 3.63) is 42.5 Å². The van der Waals surface area contributed by atoms with E-state index >= 15 is 0 Å². The van der Waals surface area contributed by atoms with Crippen molar-refractivity contribution < 1.29 is 14.2 Å². The normalized spacial score (nSPS) is 17.4. The maximum Gasteiger partial charge on any atom is 0.134 e. The highest BCUT2D eigenvalue weighted by Crippen LogP contribution is 2.42. The maximum absolute atomic E-state index is 5.42. The largest absolute Gasteiger partial charge is 0.496 e. The van der Waals surface area contributed by atoms with Crippen LogP contribution in [0.2, 0.25) is 0 Å². The van der Waals surface area contributed by atoms with Gasteiger partial charge in [0.1, 0.15) is 17.2 Å². The first kappa shape index (κ1) is 23.9. The van der Waals surface area contributed by atoms with Crippen LogP contribution in [0.4, 0.5) is 0 Å². The summed E-state index contributed by atoms with van der Waals surface area (Å²) >= 11 is 0. The van der Waals surface area contributed by atoms with E-state index in [1.807, 2.05) is 42.5 Å². The van der Waals surface area contributed by atoms with Gasteiger partial charge in [-0.15, -0.1) is 8.58 Å². The molecule has 2 saturated carbocycles. The monoisotopic (exact) mass is 442 g/mol. The first-order valence-electron chi connectivity index (χ1n) is 11.9. The van der Waals surface area contributed by atoms with Crippen molar-refractivity contribution in [2.75, 3.05) is 21.3 Å². The van der Waals surface area contributed by atoms with Crippen LogP contribution in [-0.4, -0.2) is 32.6 Å². The number of benzene rings is 2. The van der Waals surface area contributed by atoms with E-state index in [1.165, 1.54) is 47.1 Å². The zero-order valence-electron chi connectivity index (χ0n) is 19.5. The lowest BCUT2D eigenvalue weighted by Crippen LogP contribution is -2.14. The molecule has 0 radical (unpaired) electrons. The topological polar surface area (TPSA) is 27.7 Å². The molecule has 0 spiro atoms. The van der Waals surface area contributed by atoms with Crippen LogP contribution in [0.15, 0.2) is 42.5 Å². The van der Waals surface area contributed by atoms with E-state index in [9.17, 15) is 0 Å². The van der Waals surface area contributed by atoms with Crippen LogP contribution in [0.1, 0.15) is 64.2 Å². The summed E-state index contributed by atoms with van der Waals surface area (Å²) in [6.07, 6.45) is 15.4. The molecular weight excluding hydrogens is 403 g/mol. The summed E-state index contributed by atoms with van der Waals surface area (Å²) in [6.45, 7) is 0. The number of ether oxygens (including phenoxy) is 3. The Labute approximate surface area is 190 Å². The Bertz CT molecular complexity index is 724. The van der Waals surface area contributed by atoms with Crippen molar-refractivity contribution in [1.82, 2.24) is 0 Å². The second-order valence-electron chi connectivity index (χ2n) is 8.61. The van der Waals surface area contributed by atoms with E-state index < -0.39 is 0 Å². The van der Waals surface area contributed by atoms with E-state index in [2.05, 4.69) is 0 Å². The molecule has 2 aliphatic rings. The predicted octanol–water partition coefficient (Wildman–Crippen LogP) is 7.71. The van der Waals surface area contributed by atoms with Crippen molar-refractivity contribution in [1.29, 1.82) is 0 Å². The van der Waals surface area contributed by atoms with Gasteiger partial charge in [-0.25, -0.2) is 0 Å². The van der Waals surface area contributed by atoms with Gasteiger partial charge >= 0.3 is 0 Å². The summed E-state index contributed by atoms with van der Waals surface area (Å²) in [6, 6.07) is 13.7. The third-order valence-corrected chi connectivity index (χ3v) is 8.56. The van der Waals surface area contributed by atoms with Crippen molar-refractivity contribution in [2.24, 2.45) is 0 Å². The van der Waals surface area contributed by atoms with Crippen LogP contribution in [0.25, 0.3) is 11.1 Å². The molecule has 0 bridgehead atoms. The van der Waals surface area contributed by atoms with Gasteiger partial charge in [0.15, 0.2) is 0 Å². The first-order valence-corrected chi connectivity index (χ1v) is 13.0. The Morgan fingerprint density at radius 2 is 1.13 bits per heavy atom. The molecule has 3 nitrogen and oxygen atoms in total. The standard InChI is InChI=1S/C15H16O3.C12H23P/c1-16-12-9-13(17-2)15(14(10-12)18-3)11-7-5-4-6-8-11;1-3-7-11(8-4-1)13-12-9-5-2-6-10-12/h4-10H,1-3H3;11-13H,1-10H2. The third-order valence-electron chi connectivity index (χ3n) is 6.46. The lowest BCUT2D eigenvalue weighted by Gasteiger charge is -2.28. The van der Waals surface area contributed by atoms with E-state index in [0.717, 1.165) is 33.9 Å². The molecule has 2 aliphatic carbocycles. The van der Waals surface area contributed by atoms with Gasteiger partial charge in [0, 0.05) is 12.1 Å². The fourth-order valence-corrected chi connectivity index (χ4v) is 6.92. The van der Waals surface area contributed by atoms with Gasteiger partial charge in [-0.2, -0.15) is 0 Å². The Morgan fingerprint density at radius 1 is 0.645 bits per heavy atom. The lowest BCUT2D eigenvalue weighted by atomic mass is 10.00. The Kier molecular flexibility index (Phi) is 10.0. The van der Waals surface area contributed by atoms with Gasteiger partial charge in [-0.1, -0.05) is 68.9 Å². The van der Waals surface area contributed by atoms with Crippen molar-refractivity contribution in [3.63, 3.8) is 0 Å². The molecule has 0 amide bonds. The lowest BCUT2D eigenvalue weighted by molar-refractivity contribution is 0.377. The van der Waals surface area contributed by atoms with Gasteiger partial charge in [0.25, 0.3) is 0 Å². The van der Waals surface area contributed by atoms with E-state index in [0.29, 0.717) is 5.75 Å². The van der Waals surface area contributed by atoms with Gasteiger partial charge in [0.05, 0.1) is 26.9 Å². The molecule has 0 aliphatic heterocycles. The van der Waals surface area contributed by atoms with Crippen molar-refractivity contribution >= 4 is 8.58 Å². The molecule has 4 heteroatoms. The van der Waals surface area contributed by atoms with Crippen molar-refractivity contribution in [2.45, 2.75) is 75.5 Å². The SMILES string of the molecule is C1CCC(PC2CCCCC2)CC1.COc1cc(OC)c(-c2ccccc2)c(OC)c1. The van der Waals surface area contributed by atoms with Gasteiger partial charge in [-0.05, 0) is 42.6 Å². The molecule has 0 unspecified atom stereocenters. The molecule has 170 valence electrons. The van der Waals surface area contributed by atoms with Crippen molar-refractivity contribution in [3.8, 4) is 28.4 Å². The predicted molar refractivity (Wildman–Crippen MR) is 134 cm³/mol. The summed E-state index contributed by atoms with van der Waals surface area (Å²) in [5, 5.41) is 0. The highest BCUT2D eigenvalue weighted by molar-refractivity contribution is 7.39. The average Bonchev–Trinajstić information content (AvgIpc) is 2.85. The van der Waals surface area contributed by atoms with Gasteiger partial charge < -0.3 is 14.2 Å². The van der Waals surface area contributed by atoms with E-state index in [-0.39, 0.29) is 0 Å². The highest BCUT2D eigenvalue weighted by atomic mass is 31.1. The molecule has 2 fully saturated rings. The van der Waals surface area contributed by atoms with Gasteiger partial charge in [-0.3, -0.25) is 0 Å². The molecule has 31 heavy (non-hydrogen) atoms. The zero-order valence-corrected chi connectivity index (χ0v) is 20.5. The van der Waals surface area contributed by atoms with Crippen LogP contribution in [0.5, 0.6) is 17.2 Å². The molecular formula is C27H39O3P. The van der Waals surface area contributed by atoms with Crippen LogP contribution >= 0.6 is 8.58 Å². The quantitative estimate of drug-likeness (QED) is 0.429. The second kappa shape index (κ2) is 13.0. The Morgan fingerprint density at radius 3 is 1.55 bits per heavy atom. The third kappa shape index (κ3) is 7.14. The minimum Gasteiger partial charge on any atom is -0.496 e. The second-order valence-corrected chi connectivity index (χ2v) is 10.6. The minimum absolute atomic E-state index is 0.711. The summed E-state index contributed by atoms with van der Waals surface area (Å²) in [4.78, 5) is 0. The summed E-state index contributed by atoms with van der Waals surface area (Å²) < 4.78 is 16.1. The smallest absolute Gasteiger partial charge is 0.134 e. The molecule has 0 saturated heterocycles. The van der Waals surface area contributed by atoms with Crippen LogP contribution in [0.3, 0.4) is 0 Å². The number of hydrogen-bond donors (Lipinski definition) is 0. The Balaban J connectivity index is 0.000000185. The first-order chi connectivity index (χ1) is 15.2. The van der Waals surface area contributed by atoms with Crippen LogP contribution in [0, 0.1) is 0 Å². The molecule has 0 N–H and O–H groups in total. The Hall–Kier alpha value is -1.73. The van der Waals surface area contributed by atoms with E-state index in [1.54, 1.807) is 47.0 Å². The fourth-order valence-electron chi connectivity index (χ4n) is 4.77. The fraction of sp³-hybridized carbons (Fsp3) is 0.556. The molecule has 0 heterocycles. The minimum atomic E-state index is 0.711. The van der Waals surface area contributed by atoms with E-state index in [4.69, 9.17) is 14.2 Å². The van der Waals surface area contributed by atoms with Crippen LogP contribution < -0.4 is 14.2 Å². The number of hydrogen-bond acceptors (Lipinski definition) is 3. The summed E-state index contributed by atoms with van der Waals surface area (Å²) in [5.41, 5.74) is 4.28. The summed E-state index contributed by atoms with van der Waals surface area (Å²) in [7, 11) is 6.23. The molecule has 2 aromatic carbocycles. The summed E-state index contributed by atoms with van der Waals surface area (Å²) in [5.74, 6) is 2.18. The average molecular weight is 443 g/mol. The highest BCUT2D eigenvalue weighted by Gasteiger charge is 2.20. The zero-order chi connectivity index (χ0) is 21.9.